The number of nitrogens with zero attached hydrogens (tertiary/aromatic N) is 1. The number of aliphatic carboxylic acids is 1. The number of anilines is 1. The highest BCUT2D eigenvalue weighted by molar-refractivity contribution is 7.89. The maximum atomic E-state index is 12.7. The first-order valence-corrected chi connectivity index (χ1v) is 8.55. The molecule has 2 rings (SSSR count). The molecule has 130 valence electrons. The fourth-order valence-electron chi connectivity index (χ4n) is 2.39. The van der Waals surface area contributed by atoms with Crippen LogP contribution in [0.15, 0.2) is 29.2 Å². The van der Waals surface area contributed by atoms with Crippen molar-refractivity contribution in [1.82, 2.24) is 9.62 Å². The van der Waals surface area contributed by atoms with E-state index in [-0.39, 0.29) is 23.9 Å². The lowest BCUT2D eigenvalue weighted by Crippen LogP contribution is -2.57. The van der Waals surface area contributed by atoms with Crippen LogP contribution in [0.25, 0.3) is 0 Å². The van der Waals surface area contributed by atoms with Crippen LogP contribution in [0.2, 0.25) is 0 Å². The summed E-state index contributed by atoms with van der Waals surface area (Å²) in [4.78, 5) is 33.7. The van der Waals surface area contributed by atoms with Crippen LogP contribution in [0, 0.1) is 0 Å². The molecule has 1 saturated heterocycles. The van der Waals surface area contributed by atoms with E-state index in [4.69, 9.17) is 5.11 Å². The van der Waals surface area contributed by atoms with Crippen LogP contribution in [0.1, 0.15) is 13.3 Å². The Bertz CT molecular complexity index is 759. The van der Waals surface area contributed by atoms with Crippen molar-refractivity contribution < 1.29 is 27.9 Å². The quantitative estimate of drug-likeness (QED) is 0.659. The van der Waals surface area contributed by atoms with Crippen molar-refractivity contribution in [3.8, 4) is 0 Å². The molecule has 1 aromatic rings. The molecular formula is C14H17N3O6S. The second-order valence-electron chi connectivity index (χ2n) is 5.23. The Kier molecular flexibility index (Phi) is 5.20. The first kappa shape index (κ1) is 17.9. The summed E-state index contributed by atoms with van der Waals surface area (Å²) in [7, 11) is -4.04. The molecule has 0 bridgehead atoms. The smallest absolute Gasteiger partial charge is 0.305 e. The lowest BCUT2D eigenvalue weighted by Gasteiger charge is -2.33. The van der Waals surface area contributed by atoms with Gasteiger partial charge in [-0.1, -0.05) is 0 Å². The van der Waals surface area contributed by atoms with Crippen LogP contribution in [0.3, 0.4) is 0 Å². The summed E-state index contributed by atoms with van der Waals surface area (Å²) in [6.45, 7) is 1.42. The van der Waals surface area contributed by atoms with Crippen LogP contribution in [0.4, 0.5) is 5.69 Å². The van der Waals surface area contributed by atoms with Gasteiger partial charge in [0.05, 0.1) is 11.3 Å². The molecule has 1 fully saturated rings. The highest BCUT2D eigenvalue weighted by atomic mass is 32.2. The summed E-state index contributed by atoms with van der Waals surface area (Å²) in [6.07, 6.45) is -0.616. The molecule has 1 aromatic carbocycles. The van der Waals surface area contributed by atoms with Crippen LogP contribution >= 0.6 is 0 Å². The Balaban J connectivity index is 2.31. The van der Waals surface area contributed by atoms with E-state index in [1.165, 1.54) is 31.2 Å². The fraction of sp³-hybridized carbons (Fsp3) is 0.357. The molecule has 0 radical (unpaired) electrons. The minimum absolute atomic E-state index is 0.0144. The lowest BCUT2D eigenvalue weighted by atomic mass is 10.1. The highest BCUT2D eigenvalue weighted by Gasteiger charge is 2.39. The number of nitrogens with one attached hydrogen (secondary N) is 2. The summed E-state index contributed by atoms with van der Waals surface area (Å²) < 4.78 is 26.3. The maximum absolute atomic E-state index is 12.7. The predicted molar refractivity (Wildman–Crippen MR) is 83.7 cm³/mol. The Labute approximate surface area is 138 Å². The summed E-state index contributed by atoms with van der Waals surface area (Å²) in [6, 6.07) is 4.14. The molecule has 3 N–H and O–H groups in total. The number of hydrogen-bond acceptors (Lipinski definition) is 5. The van der Waals surface area contributed by atoms with Crippen LogP contribution in [0.5, 0.6) is 0 Å². The summed E-state index contributed by atoms with van der Waals surface area (Å²) >= 11 is 0. The van der Waals surface area contributed by atoms with E-state index in [0.29, 0.717) is 5.69 Å². The third-order valence-corrected chi connectivity index (χ3v) is 5.35. The van der Waals surface area contributed by atoms with E-state index < -0.39 is 34.4 Å². The molecule has 1 unspecified atom stereocenters. The highest BCUT2D eigenvalue weighted by Crippen LogP contribution is 2.23. The number of hydrogen-bond donors (Lipinski definition) is 3. The molecule has 9 nitrogen and oxygen atoms in total. The van der Waals surface area contributed by atoms with E-state index in [0.717, 1.165) is 4.31 Å². The van der Waals surface area contributed by atoms with Crippen molar-refractivity contribution in [3.63, 3.8) is 0 Å². The van der Waals surface area contributed by atoms with Crippen molar-refractivity contribution in [2.45, 2.75) is 24.3 Å². The fourth-order valence-corrected chi connectivity index (χ4v) is 3.98. The standard InChI is InChI=1S/C14H17N3O6S/c1-9(18)16-10-2-4-11(5-3-10)24(22,23)17-7-6-15-14(21)12(17)8-13(19)20/h2-5,12H,6-8H2,1H3,(H,15,21)(H,16,18)(H,19,20). The molecule has 1 aliphatic rings. The van der Waals surface area contributed by atoms with Crippen molar-refractivity contribution in [2.75, 3.05) is 18.4 Å². The number of carbonyl (C=O) groups is 3. The molecule has 24 heavy (non-hydrogen) atoms. The lowest BCUT2D eigenvalue weighted by molar-refractivity contribution is -0.141. The Hall–Kier alpha value is -2.46. The van der Waals surface area contributed by atoms with Gasteiger partial charge in [0.25, 0.3) is 0 Å². The van der Waals surface area contributed by atoms with Gasteiger partial charge in [0.2, 0.25) is 21.8 Å². The second kappa shape index (κ2) is 6.97. The third kappa shape index (κ3) is 3.89. The molecular weight excluding hydrogens is 338 g/mol. The zero-order valence-corrected chi connectivity index (χ0v) is 13.7. The molecule has 1 aliphatic heterocycles. The van der Waals surface area contributed by atoms with E-state index in [9.17, 15) is 22.8 Å². The molecule has 10 heteroatoms. The summed E-state index contributed by atoms with van der Waals surface area (Å²) in [5.41, 5.74) is 0.430. The Morgan fingerprint density at radius 2 is 1.96 bits per heavy atom. The Morgan fingerprint density at radius 1 is 1.33 bits per heavy atom. The number of benzene rings is 1. The molecule has 0 saturated carbocycles. The number of carbonyl (C=O) groups excluding carboxylic acids is 2. The number of amides is 2. The minimum Gasteiger partial charge on any atom is -0.481 e. The van der Waals surface area contributed by atoms with Crippen LogP contribution in [-0.4, -0.2) is 54.7 Å². The van der Waals surface area contributed by atoms with Gasteiger partial charge in [0, 0.05) is 25.7 Å². The zero-order chi connectivity index (χ0) is 17.9. The maximum Gasteiger partial charge on any atom is 0.305 e. The van der Waals surface area contributed by atoms with E-state index in [1.54, 1.807) is 0 Å². The van der Waals surface area contributed by atoms with E-state index in [2.05, 4.69) is 10.6 Å². The average Bonchev–Trinajstić information content (AvgIpc) is 2.48. The number of rotatable bonds is 5. The van der Waals surface area contributed by atoms with Gasteiger partial charge in [-0.25, -0.2) is 8.42 Å². The molecule has 2 amide bonds. The van der Waals surface area contributed by atoms with Gasteiger partial charge in [-0.2, -0.15) is 4.31 Å². The number of piperazine rings is 1. The molecule has 0 spiro atoms. The van der Waals surface area contributed by atoms with Gasteiger partial charge < -0.3 is 15.7 Å². The second-order valence-corrected chi connectivity index (χ2v) is 7.12. The third-order valence-electron chi connectivity index (χ3n) is 3.43. The molecule has 1 heterocycles. The first-order valence-electron chi connectivity index (χ1n) is 7.11. The normalized spacial score (nSPS) is 18.7. The Morgan fingerprint density at radius 3 is 2.50 bits per heavy atom. The zero-order valence-electron chi connectivity index (χ0n) is 12.9. The SMILES string of the molecule is CC(=O)Nc1ccc(S(=O)(=O)N2CCNC(=O)C2CC(=O)O)cc1. The van der Waals surface area contributed by atoms with Crippen molar-refractivity contribution in [2.24, 2.45) is 0 Å². The van der Waals surface area contributed by atoms with Crippen LogP contribution in [-0.2, 0) is 24.4 Å². The van der Waals surface area contributed by atoms with Crippen molar-refractivity contribution >= 4 is 33.5 Å². The number of sulfonamides is 1. The minimum atomic E-state index is -4.04. The number of carboxylic acids is 1. The monoisotopic (exact) mass is 355 g/mol. The van der Waals surface area contributed by atoms with Gasteiger partial charge >= 0.3 is 5.97 Å². The summed E-state index contributed by atoms with van der Waals surface area (Å²) in [5, 5.41) is 13.9. The number of carboxylic acid groups (broad SMARTS) is 1. The predicted octanol–water partition coefficient (Wildman–Crippen LogP) is -0.391. The molecule has 1 atom stereocenters. The van der Waals surface area contributed by atoms with Gasteiger partial charge in [0.1, 0.15) is 6.04 Å². The molecule has 0 aromatic heterocycles. The van der Waals surface area contributed by atoms with E-state index in [1.807, 2.05) is 0 Å². The van der Waals surface area contributed by atoms with Crippen LogP contribution < -0.4 is 10.6 Å². The van der Waals surface area contributed by atoms with Crippen molar-refractivity contribution in [3.05, 3.63) is 24.3 Å². The van der Waals surface area contributed by atoms with Crippen molar-refractivity contribution in [1.29, 1.82) is 0 Å². The average molecular weight is 355 g/mol. The summed E-state index contributed by atoms with van der Waals surface area (Å²) in [5.74, 6) is -2.19. The van der Waals surface area contributed by atoms with Gasteiger partial charge in [0.15, 0.2) is 0 Å². The topological polar surface area (TPSA) is 133 Å². The van der Waals surface area contributed by atoms with Gasteiger partial charge in [-0.3, -0.25) is 14.4 Å². The largest absolute Gasteiger partial charge is 0.481 e. The first-order chi connectivity index (χ1) is 11.2. The molecule has 0 aliphatic carbocycles. The van der Waals surface area contributed by atoms with Gasteiger partial charge in [-0.05, 0) is 24.3 Å². The van der Waals surface area contributed by atoms with Gasteiger partial charge in [-0.15, -0.1) is 0 Å². The van der Waals surface area contributed by atoms with E-state index >= 15 is 0 Å².